The Balaban J connectivity index is 2.02. The summed E-state index contributed by atoms with van der Waals surface area (Å²) in [6, 6.07) is 16.2. The van der Waals surface area contributed by atoms with Gasteiger partial charge in [-0.2, -0.15) is 5.26 Å². The average Bonchev–Trinajstić information content (AvgIpc) is 2.55. The van der Waals surface area contributed by atoms with Gasteiger partial charge in [0.05, 0.1) is 6.07 Å². The average molecular weight is 365 g/mol. The van der Waals surface area contributed by atoms with E-state index in [2.05, 4.69) is 11.4 Å². The number of benzene rings is 2. The first-order valence-electron chi connectivity index (χ1n) is 6.79. The maximum atomic E-state index is 9.45. The molecule has 0 spiro atoms. The zero-order valence-corrected chi connectivity index (χ0v) is 14.7. The molecular formula is C17H14Cl2N2OS. The summed E-state index contributed by atoms with van der Waals surface area (Å²) in [5, 5.41) is 13.7. The van der Waals surface area contributed by atoms with E-state index in [1.54, 1.807) is 55.5 Å². The van der Waals surface area contributed by atoms with Crippen molar-refractivity contribution >= 4 is 40.4 Å². The van der Waals surface area contributed by atoms with Gasteiger partial charge in [0, 0.05) is 15.6 Å². The standard InChI is InChI=1S/C17H14Cl2N2OS/c1-17(10-20,11-22-15-8-6-14(19)7-9-15)21-16(23)12-2-4-13(18)5-3-12/h2-9H,11H2,1H3,(H,21,23). The van der Waals surface area contributed by atoms with Gasteiger partial charge in [-0.05, 0) is 43.3 Å². The van der Waals surface area contributed by atoms with E-state index in [4.69, 9.17) is 40.2 Å². The van der Waals surface area contributed by atoms with Crippen LogP contribution in [0.25, 0.3) is 0 Å². The molecule has 2 aromatic rings. The van der Waals surface area contributed by atoms with Gasteiger partial charge in [0.2, 0.25) is 0 Å². The Hall–Kier alpha value is -1.80. The number of halogens is 2. The van der Waals surface area contributed by atoms with Crippen LogP contribution in [0.4, 0.5) is 0 Å². The van der Waals surface area contributed by atoms with Gasteiger partial charge in [-0.25, -0.2) is 0 Å². The fraction of sp³-hybridized carbons (Fsp3) is 0.176. The van der Waals surface area contributed by atoms with Crippen molar-refractivity contribution in [3.05, 3.63) is 64.1 Å². The van der Waals surface area contributed by atoms with Crippen LogP contribution >= 0.6 is 35.4 Å². The van der Waals surface area contributed by atoms with Gasteiger partial charge in [-0.3, -0.25) is 0 Å². The van der Waals surface area contributed by atoms with Crippen LogP contribution < -0.4 is 10.1 Å². The molecule has 0 bridgehead atoms. The molecule has 0 fully saturated rings. The molecule has 118 valence electrons. The minimum absolute atomic E-state index is 0.138. The van der Waals surface area contributed by atoms with Crippen LogP contribution in [-0.2, 0) is 0 Å². The predicted octanol–water partition coefficient (Wildman–Crippen LogP) is 4.62. The number of nitriles is 1. The summed E-state index contributed by atoms with van der Waals surface area (Å²) in [5.74, 6) is 0.634. The summed E-state index contributed by atoms with van der Waals surface area (Å²) in [6.45, 7) is 1.87. The fourth-order valence-electron chi connectivity index (χ4n) is 1.78. The van der Waals surface area contributed by atoms with Gasteiger partial charge >= 0.3 is 0 Å². The van der Waals surface area contributed by atoms with Gasteiger partial charge in [0.1, 0.15) is 17.3 Å². The van der Waals surface area contributed by atoms with Crippen molar-refractivity contribution in [1.29, 1.82) is 5.26 Å². The molecule has 0 amide bonds. The van der Waals surface area contributed by atoms with Crippen molar-refractivity contribution in [2.75, 3.05) is 6.61 Å². The molecule has 0 aromatic heterocycles. The number of hydrogen-bond donors (Lipinski definition) is 1. The molecule has 1 unspecified atom stereocenters. The number of hydrogen-bond acceptors (Lipinski definition) is 3. The molecule has 6 heteroatoms. The van der Waals surface area contributed by atoms with E-state index in [1.165, 1.54) is 0 Å². The molecule has 23 heavy (non-hydrogen) atoms. The molecule has 2 aromatic carbocycles. The first-order chi connectivity index (χ1) is 10.9. The molecule has 1 N–H and O–H groups in total. The lowest BCUT2D eigenvalue weighted by Crippen LogP contribution is -2.48. The van der Waals surface area contributed by atoms with E-state index in [9.17, 15) is 5.26 Å². The molecule has 0 radical (unpaired) electrons. The lowest BCUT2D eigenvalue weighted by molar-refractivity contribution is 0.252. The summed E-state index contributed by atoms with van der Waals surface area (Å²) >= 11 is 17.0. The summed E-state index contributed by atoms with van der Waals surface area (Å²) in [6.07, 6.45) is 0. The predicted molar refractivity (Wildman–Crippen MR) is 97.3 cm³/mol. The Bertz CT molecular complexity index is 726. The number of ether oxygens (including phenoxy) is 1. The molecule has 0 aliphatic rings. The quantitative estimate of drug-likeness (QED) is 0.786. The van der Waals surface area contributed by atoms with Gasteiger partial charge in [-0.1, -0.05) is 47.6 Å². The number of thiocarbonyl (C=S) groups is 1. The van der Waals surface area contributed by atoms with Crippen molar-refractivity contribution in [3.63, 3.8) is 0 Å². The maximum absolute atomic E-state index is 9.45. The van der Waals surface area contributed by atoms with Crippen LogP contribution in [0.1, 0.15) is 12.5 Å². The van der Waals surface area contributed by atoms with Crippen molar-refractivity contribution in [2.45, 2.75) is 12.5 Å². The highest BCUT2D eigenvalue weighted by atomic mass is 35.5. The SMILES string of the molecule is CC(C#N)(COc1ccc(Cl)cc1)NC(=S)c1ccc(Cl)cc1. The first-order valence-corrected chi connectivity index (χ1v) is 7.96. The normalized spacial score (nSPS) is 12.8. The second-order valence-corrected chi connectivity index (χ2v) is 6.43. The lowest BCUT2D eigenvalue weighted by atomic mass is 10.1. The summed E-state index contributed by atoms with van der Waals surface area (Å²) in [7, 11) is 0. The largest absolute Gasteiger partial charge is 0.490 e. The summed E-state index contributed by atoms with van der Waals surface area (Å²) in [4.78, 5) is 0.463. The Kier molecular flexibility index (Phi) is 5.84. The first kappa shape index (κ1) is 17.6. The zero-order chi connectivity index (χ0) is 16.9. The van der Waals surface area contributed by atoms with Crippen molar-refractivity contribution in [3.8, 4) is 11.8 Å². The second-order valence-electron chi connectivity index (χ2n) is 5.15. The van der Waals surface area contributed by atoms with E-state index in [0.717, 1.165) is 5.56 Å². The van der Waals surface area contributed by atoms with Crippen LogP contribution in [0.2, 0.25) is 10.0 Å². The number of nitrogens with zero attached hydrogens (tertiary/aromatic N) is 1. The van der Waals surface area contributed by atoms with Crippen LogP contribution in [0.3, 0.4) is 0 Å². The van der Waals surface area contributed by atoms with E-state index in [0.29, 0.717) is 20.8 Å². The van der Waals surface area contributed by atoms with Crippen molar-refractivity contribution in [1.82, 2.24) is 5.32 Å². The fourth-order valence-corrected chi connectivity index (χ4v) is 2.39. The minimum Gasteiger partial charge on any atom is -0.490 e. The molecule has 0 aliphatic carbocycles. The molecule has 0 saturated heterocycles. The topological polar surface area (TPSA) is 45.0 Å². The third-order valence-corrected chi connectivity index (χ3v) is 3.93. The summed E-state index contributed by atoms with van der Waals surface area (Å²) < 4.78 is 5.65. The smallest absolute Gasteiger partial charge is 0.157 e. The van der Waals surface area contributed by atoms with Crippen LogP contribution in [-0.4, -0.2) is 17.1 Å². The van der Waals surface area contributed by atoms with Gasteiger partial charge in [0.25, 0.3) is 0 Å². The number of nitrogens with one attached hydrogen (secondary N) is 1. The Morgan fingerprint density at radius 1 is 1.13 bits per heavy atom. The molecule has 3 nitrogen and oxygen atoms in total. The molecule has 0 aliphatic heterocycles. The molecule has 0 heterocycles. The third-order valence-electron chi connectivity index (χ3n) is 3.08. The third kappa shape index (κ3) is 5.11. The van der Waals surface area contributed by atoms with Gasteiger partial charge in [-0.15, -0.1) is 0 Å². The van der Waals surface area contributed by atoms with Gasteiger partial charge in [0.15, 0.2) is 5.54 Å². The van der Waals surface area contributed by atoms with E-state index in [1.807, 2.05) is 0 Å². The van der Waals surface area contributed by atoms with Crippen molar-refractivity contribution in [2.24, 2.45) is 0 Å². The highest BCUT2D eigenvalue weighted by molar-refractivity contribution is 7.80. The second kappa shape index (κ2) is 7.65. The molecule has 1 atom stereocenters. The van der Waals surface area contributed by atoms with E-state index >= 15 is 0 Å². The van der Waals surface area contributed by atoms with Gasteiger partial charge < -0.3 is 10.1 Å². The Morgan fingerprint density at radius 2 is 1.65 bits per heavy atom. The highest BCUT2D eigenvalue weighted by Gasteiger charge is 2.26. The zero-order valence-electron chi connectivity index (χ0n) is 12.3. The summed E-state index contributed by atoms with van der Waals surface area (Å²) in [5.41, 5.74) is -0.173. The lowest BCUT2D eigenvalue weighted by Gasteiger charge is -2.25. The van der Waals surface area contributed by atoms with E-state index in [-0.39, 0.29) is 6.61 Å². The maximum Gasteiger partial charge on any atom is 0.157 e. The van der Waals surface area contributed by atoms with Crippen molar-refractivity contribution < 1.29 is 4.74 Å². The minimum atomic E-state index is -0.962. The monoisotopic (exact) mass is 364 g/mol. The number of rotatable bonds is 5. The van der Waals surface area contributed by atoms with Crippen LogP contribution in [0.5, 0.6) is 5.75 Å². The Labute approximate surface area is 150 Å². The molecular weight excluding hydrogens is 351 g/mol. The van der Waals surface area contributed by atoms with E-state index < -0.39 is 5.54 Å². The molecule has 2 rings (SSSR count). The molecule has 0 saturated carbocycles. The van der Waals surface area contributed by atoms with Crippen LogP contribution in [0.15, 0.2) is 48.5 Å². The van der Waals surface area contributed by atoms with Crippen LogP contribution in [0, 0.1) is 11.3 Å². The highest BCUT2D eigenvalue weighted by Crippen LogP contribution is 2.17. The Morgan fingerprint density at radius 3 is 2.17 bits per heavy atom.